The van der Waals surface area contributed by atoms with Crippen molar-refractivity contribution in [2.24, 2.45) is 4.99 Å². The van der Waals surface area contributed by atoms with Crippen LogP contribution in [0.4, 0.5) is 5.69 Å². The average molecular weight is 387 g/mol. The van der Waals surface area contributed by atoms with E-state index in [9.17, 15) is 4.79 Å². The van der Waals surface area contributed by atoms with Gasteiger partial charge in [-0.25, -0.2) is 4.99 Å². The smallest absolute Gasteiger partial charge is 0.264 e. The zero-order valence-electron chi connectivity index (χ0n) is 12.8. The number of amidine groups is 1. The van der Waals surface area contributed by atoms with Crippen LogP contribution in [-0.4, -0.2) is 11.1 Å². The Bertz CT molecular complexity index is 843. The number of thioether (sulfide) groups is 1. The number of carbonyl (C=O) groups excluding carboxylic acids is 1. The molecule has 1 aliphatic rings. The average Bonchev–Trinajstić information content (AvgIpc) is 2.83. The Kier molecular flexibility index (Phi) is 4.68. The van der Waals surface area contributed by atoms with Gasteiger partial charge in [-0.1, -0.05) is 34.1 Å². The second-order valence-electron chi connectivity index (χ2n) is 5.31. The minimum atomic E-state index is -0.113. The predicted molar refractivity (Wildman–Crippen MR) is 101 cm³/mol. The molecule has 0 radical (unpaired) electrons. The van der Waals surface area contributed by atoms with Crippen molar-refractivity contribution in [2.75, 3.05) is 0 Å². The summed E-state index contributed by atoms with van der Waals surface area (Å²) in [4.78, 5) is 17.3. The Balaban J connectivity index is 1.84. The number of halogens is 1. The molecule has 1 aliphatic heterocycles. The molecular formula is C18H15BrN2OS. The molecule has 2 aromatic carbocycles. The zero-order chi connectivity index (χ0) is 16.4. The maximum absolute atomic E-state index is 12.1. The van der Waals surface area contributed by atoms with Gasteiger partial charge in [-0.05, 0) is 72.6 Å². The predicted octanol–water partition coefficient (Wildman–Crippen LogP) is 4.96. The molecular weight excluding hydrogens is 372 g/mol. The first-order valence-electron chi connectivity index (χ1n) is 7.14. The van der Waals surface area contributed by atoms with Crippen LogP contribution in [0.1, 0.15) is 16.7 Å². The molecule has 0 bridgehead atoms. The summed E-state index contributed by atoms with van der Waals surface area (Å²) >= 11 is 4.79. The number of hydrogen-bond donors (Lipinski definition) is 1. The fourth-order valence-corrected chi connectivity index (χ4v) is 3.40. The van der Waals surface area contributed by atoms with Crippen molar-refractivity contribution >= 4 is 50.5 Å². The van der Waals surface area contributed by atoms with E-state index in [1.165, 1.54) is 22.9 Å². The largest absolute Gasteiger partial charge is 0.300 e. The molecule has 0 aliphatic carbocycles. The van der Waals surface area contributed by atoms with Crippen molar-refractivity contribution in [2.45, 2.75) is 13.8 Å². The van der Waals surface area contributed by atoms with Gasteiger partial charge < -0.3 is 5.32 Å². The van der Waals surface area contributed by atoms with Crippen LogP contribution in [0, 0.1) is 13.8 Å². The summed E-state index contributed by atoms with van der Waals surface area (Å²) < 4.78 is 0.985. The molecule has 1 N–H and O–H groups in total. The number of aliphatic imine (C=N–C) groups is 1. The second kappa shape index (κ2) is 6.72. The molecule has 0 atom stereocenters. The van der Waals surface area contributed by atoms with E-state index in [1.54, 1.807) is 0 Å². The Morgan fingerprint density at radius 1 is 1.13 bits per heavy atom. The van der Waals surface area contributed by atoms with Crippen LogP contribution in [0.5, 0.6) is 0 Å². The first-order valence-corrected chi connectivity index (χ1v) is 8.74. The molecule has 5 heteroatoms. The van der Waals surface area contributed by atoms with E-state index in [0.29, 0.717) is 10.1 Å². The van der Waals surface area contributed by atoms with Crippen LogP contribution in [0.2, 0.25) is 0 Å². The van der Waals surface area contributed by atoms with Gasteiger partial charge in [0.2, 0.25) is 0 Å². The van der Waals surface area contributed by atoms with E-state index in [0.717, 1.165) is 15.7 Å². The lowest BCUT2D eigenvalue weighted by atomic mass is 10.1. The third-order valence-electron chi connectivity index (χ3n) is 3.52. The van der Waals surface area contributed by atoms with Gasteiger partial charge in [0.1, 0.15) is 0 Å². The lowest BCUT2D eigenvalue weighted by Gasteiger charge is -2.01. The van der Waals surface area contributed by atoms with E-state index < -0.39 is 0 Å². The number of nitrogens with zero attached hydrogens (tertiary/aromatic N) is 1. The Morgan fingerprint density at radius 2 is 1.96 bits per heavy atom. The molecule has 0 aromatic heterocycles. The van der Waals surface area contributed by atoms with Gasteiger partial charge in [-0.3, -0.25) is 4.79 Å². The van der Waals surface area contributed by atoms with Crippen LogP contribution in [0.25, 0.3) is 6.08 Å². The standard InChI is InChI=1S/C18H15BrN2OS/c1-11-6-7-15(8-12(11)2)20-18-21-17(22)16(23-18)10-13-4-3-5-14(19)9-13/h3-10H,1-2H3,(H,20,21,22)/b16-10+. The molecule has 1 amide bonds. The number of benzene rings is 2. The van der Waals surface area contributed by atoms with Crippen LogP contribution in [0.15, 0.2) is 56.8 Å². The van der Waals surface area contributed by atoms with Crippen LogP contribution in [0.3, 0.4) is 0 Å². The molecule has 1 heterocycles. The summed E-state index contributed by atoms with van der Waals surface area (Å²) in [7, 11) is 0. The van der Waals surface area contributed by atoms with Crippen molar-refractivity contribution in [1.29, 1.82) is 0 Å². The maximum Gasteiger partial charge on any atom is 0.264 e. The SMILES string of the molecule is Cc1ccc(N=C2NC(=O)/C(=C\c3cccc(Br)c3)S2)cc1C. The van der Waals surface area contributed by atoms with Crippen LogP contribution in [-0.2, 0) is 4.79 Å². The fraction of sp³-hybridized carbons (Fsp3) is 0.111. The first-order chi connectivity index (χ1) is 11.0. The number of carbonyl (C=O) groups is 1. The number of rotatable bonds is 2. The van der Waals surface area contributed by atoms with Crippen molar-refractivity contribution in [3.8, 4) is 0 Å². The Hall–Kier alpha value is -1.85. The third kappa shape index (κ3) is 3.92. The lowest BCUT2D eigenvalue weighted by molar-refractivity contribution is -0.115. The van der Waals surface area contributed by atoms with E-state index in [2.05, 4.69) is 40.1 Å². The number of aryl methyl sites for hydroxylation is 2. The molecule has 1 fully saturated rings. The molecule has 0 spiro atoms. The van der Waals surface area contributed by atoms with E-state index >= 15 is 0 Å². The van der Waals surface area contributed by atoms with Crippen molar-refractivity contribution < 1.29 is 4.79 Å². The van der Waals surface area contributed by atoms with Gasteiger partial charge in [0.05, 0.1) is 10.6 Å². The summed E-state index contributed by atoms with van der Waals surface area (Å²) in [5.74, 6) is -0.113. The zero-order valence-corrected chi connectivity index (χ0v) is 15.2. The molecule has 2 aromatic rings. The molecule has 23 heavy (non-hydrogen) atoms. The van der Waals surface area contributed by atoms with Gasteiger partial charge in [0, 0.05) is 4.47 Å². The van der Waals surface area contributed by atoms with E-state index in [1.807, 2.05) is 48.5 Å². The summed E-state index contributed by atoms with van der Waals surface area (Å²) in [6.45, 7) is 4.12. The monoisotopic (exact) mass is 386 g/mol. The van der Waals surface area contributed by atoms with Gasteiger partial charge in [-0.15, -0.1) is 0 Å². The van der Waals surface area contributed by atoms with Crippen molar-refractivity contribution in [1.82, 2.24) is 5.32 Å². The maximum atomic E-state index is 12.1. The van der Waals surface area contributed by atoms with Crippen molar-refractivity contribution in [3.63, 3.8) is 0 Å². The fourth-order valence-electron chi connectivity index (χ4n) is 2.14. The first kappa shape index (κ1) is 16.0. The number of nitrogens with one attached hydrogen (secondary N) is 1. The summed E-state index contributed by atoms with van der Waals surface area (Å²) in [6.07, 6.45) is 1.87. The minimum absolute atomic E-state index is 0.113. The van der Waals surface area contributed by atoms with Gasteiger partial charge >= 0.3 is 0 Å². The molecule has 0 unspecified atom stereocenters. The highest BCUT2D eigenvalue weighted by molar-refractivity contribution is 9.10. The van der Waals surface area contributed by atoms with Gasteiger partial charge in [0.15, 0.2) is 5.17 Å². The highest BCUT2D eigenvalue weighted by atomic mass is 79.9. The third-order valence-corrected chi connectivity index (χ3v) is 4.92. The quantitative estimate of drug-likeness (QED) is 0.741. The highest BCUT2D eigenvalue weighted by Crippen LogP contribution is 2.29. The van der Waals surface area contributed by atoms with Gasteiger partial charge in [0.25, 0.3) is 5.91 Å². The normalized spacial score (nSPS) is 17.8. The highest BCUT2D eigenvalue weighted by Gasteiger charge is 2.23. The topological polar surface area (TPSA) is 41.5 Å². The molecule has 1 saturated heterocycles. The molecule has 3 rings (SSSR count). The Labute approximate surface area is 148 Å². The number of amides is 1. The summed E-state index contributed by atoms with van der Waals surface area (Å²) in [6, 6.07) is 13.8. The van der Waals surface area contributed by atoms with Crippen LogP contribution < -0.4 is 5.32 Å². The van der Waals surface area contributed by atoms with E-state index in [4.69, 9.17) is 0 Å². The summed E-state index contributed by atoms with van der Waals surface area (Å²) in [5, 5.41) is 3.43. The molecule has 116 valence electrons. The second-order valence-corrected chi connectivity index (χ2v) is 7.25. The van der Waals surface area contributed by atoms with Crippen LogP contribution >= 0.6 is 27.7 Å². The summed E-state index contributed by atoms with van der Waals surface area (Å²) in [5.41, 5.74) is 4.24. The lowest BCUT2D eigenvalue weighted by Crippen LogP contribution is -2.19. The van der Waals surface area contributed by atoms with Crippen molar-refractivity contribution in [3.05, 3.63) is 68.5 Å². The molecule has 0 saturated carbocycles. The Morgan fingerprint density at radius 3 is 2.70 bits per heavy atom. The van der Waals surface area contributed by atoms with E-state index in [-0.39, 0.29) is 5.91 Å². The molecule has 3 nitrogen and oxygen atoms in total. The van der Waals surface area contributed by atoms with Gasteiger partial charge in [-0.2, -0.15) is 0 Å². The number of hydrogen-bond acceptors (Lipinski definition) is 3. The minimum Gasteiger partial charge on any atom is -0.300 e.